The van der Waals surface area contributed by atoms with E-state index in [-0.39, 0.29) is 0 Å². The lowest BCUT2D eigenvalue weighted by Crippen LogP contribution is -2.34. The first-order valence-electron chi connectivity index (χ1n) is 7.77. The number of hydrogen-bond acceptors (Lipinski definition) is 3. The molecule has 0 amide bonds. The van der Waals surface area contributed by atoms with E-state index in [1.807, 2.05) is 19.1 Å². The first-order chi connectivity index (χ1) is 9.67. The quantitative estimate of drug-likeness (QED) is 0.889. The summed E-state index contributed by atoms with van der Waals surface area (Å²) in [6.45, 7) is 6.24. The maximum atomic E-state index is 10.1. The van der Waals surface area contributed by atoms with E-state index in [1.165, 1.54) is 25.7 Å². The minimum atomic E-state index is -0.505. The van der Waals surface area contributed by atoms with Gasteiger partial charge in [0.2, 0.25) is 0 Å². The van der Waals surface area contributed by atoms with Crippen molar-refractivity contribution in [1.82, 2.24) is 0 Å². The van der Waals surface area contributed by atoms with Crippen LogP contribution in [-0.4, -0.2) is 25.3 Å². The Balaban J connectivity index is 2.17. The van der Waals surface area contributed by atoms with Crippen LogP contribution >= 0.6 is 0 Å². The number of hydrogen-bond donors (Lipinski definition) is 1. The van der Waals surface area contributed by atoms with E-state index in [2.05, 4.69) is 17.9 Å². The molecule has 1 aliphatic heterocycles. The predicted octanol–water partition coefficient (Wildman–Crippen LogP) is 3.77. The summed E-state index contributed by atoms with van der Waals surface area (Å²) in [5.74, 6) is 1.66. The zero-order chi connectivity index (χ0) is 14.5. The summed E-state index contributed by atoms with van der Waals surface area (Å²) in [6, 6.07) is 6.04. The van der Waals surface area contributed by atoms with Gasteiger partial charge in [-0.15, -0.1) is 0 Å². The number of methoxy groups -OCH3 is 1. The van der Waals surface area contributed by atoms with E-state index in [9.17, 15) is 5.11 Å². The summed E-state index contributed by atoms with van der Waals surface area (Å²) < 4.78 is 5.41. The molecule has 1 heterocycles. The van der Waals surface area contributed by atoms with E-state index in [0.29, 0.717) is 0 Å². The van der Waals surface area contributed by atoms with Gasteiger partial charge in [-0.2, -0.15) is 0 Å². The molecule has 1 aliphatic rings. The molecule has 1 saturated heterocycles. The third-order valence-electron chi connectivity index (χ3n) is 4.33. The average Bonchev–Trinajstić information content (AvgIpc) is 2.47. The third kappa shape index (κ3) is 3.26. The van der Waals surface area contributed by atoms with Crippen LogP contribution < -0.4 is 9.64 Å². The molecule has 0 aromatic heterocycles. The highest BCUT2D eigenvalue weighted by atomic mass is 16.5. The van der Waals surface area contributed by atoms with Crippen molar-refractivity contribution in [2.24, 2.45) is 5.92 Å². The van der Waals surface area contributed by atoms with Gasteiger partial charge in [0, 0.05) is 24.3 Å². The summed E-state index contributed by atoms with van der Waals surface area (Å²) >= 11 is 0. The van der Waals surface area contributed by atoms with Crippen LogP contribution in [0, 0.1) is 5.92 Å². The molecule has 112 valence electrons. The molecule has 0 saturated carbocycles. The van der Waals surface area contributed by atoms with Gasteiger partial charge < -0.3 is 14.7 Å². The van der Waals surface area contributed by atoms with Crippen molar-refractivity contribution in [1.29, 1.82) is 0 Å². The molecule has 2 rings (SSSR count). The normalized spacial score (nSPS) is 18.1. The van der Waals surface area contributed by atoms with E-state index >= 15 is 0 Å². The molecular formula is C17H27NO2. The molecule has 1 N–H and O–H groups in total. The Morgan fingerprint density at radius 2 is 2.05 bits per heavy atom. The Kier molecular flexibility index (Phi) is 5.30. The topological polar surface area (TPSA) is 32.7 Å². The van der Waals surface area contributed by atoms with Crippen LogP contribution in [0.25, 0.3) is 0 Å². The van der Waals surface area contributed by atoms with Gasteiger partial charge in [-0.1, -0.05) is 25.8 Å². The number of anilines is 1. The fourth-order valence-corrected chi connectivity index (χ4v) is 3.28. The second-order valence-corrected chi connectivity index (χ2v) is 5.79. The van der Waals surface area contributed by atoms with Gasteiger partial charge in [0.1, 0.15) is 5.75 Å². The average molecular weight is 277 g/mol. The maximum Gasteiger partial charge on any atom is 0.126 e. The number of ether oxygens (including phenoxy) is 1. The molecule has 1 aromatic carbocycles. The summed E-state index contributed by atoms with van der Waals surface area (Å²) in [5, 5.41) is 10.1. The van der Waals surface area contributed by atoms with E-state index < -0.39 is 6.10 Å². The highest BCUT2D eigenvalue weighted by Gasteiger charge is 2.23. The molecule has 3 heteroatoms. The standard InChI is InChI=1S/C17H27NO2/c1-4-6-14-9-11-18(12-10-14)15-7-5-8-16(20-3)17(15)13(2)19/h5,7-8,13-14,19H,4,6,9-12H2,1-3H3/t13-/m0/s1. The highest BCUT2D eigenvalue weighted by Crippen LogP contribution is 2.36. The number of aliphatic hydroxyl groups is 1. The van der Waals surface area contributed by atoms with Gasteiger partial charge in [0.25, 0.3) is 0 Å². The molecule has 0 aliphatic carbocycles. The lowest BCUT2D eigenvalue weighted by molar-refractivity contribution is 0.194. The molecule has 0 spiro atoms. The van der Waals surface area contributed by atoms with Crippen molar-refractivity contribution in [3.8, 4) is 5.75 Å². The van der Waals surface area contributed by atoms with Gasteiger partial charge in [0.05, 0.1) is 13.2 Å². The Bertz CT molecular complexity index is 423. The molecule has 1 fully saturated rings. The fourth-order valence-electron chi connectivity index (χ4n) is 3.28. The van der Waals surface area contributed by atoms with E-state index in [1.54, 1.807) is 7.11 Å². The molecule has 0 radical (unpaired) electrons. The largest absolute Gasteiger partial charge is 0.496 e. The van der Waals surface area contributed by atoms with Crippen molar-refractivity contribution in [2.45, 2.75) is 45.6 Å². The van der Waals surface area contributed by atoms with Crippen LogP contribution in [-0.2, 0) is 0 Å². The van der Waals surface area contributed by atoms with Crippen LogP contribution in [0.5, 0.6) is 5.75 Å². The minimum absolute atomic E-state index is 0.505. The monoisotopic (exact) mass is 277 g/mol. The Labute approximate surface area is 122 Å². The number of piperidine rings is 1. The number of aliphatic hydroxyl groups excluding tert-OH is 1. The van der Waals surface area contributed by atoms with Gasteiger partial charge in [0.15, 0.2) is 0 Å². The first kappa shape index (κ1) is 15.2. The summed E-state index contributed by atoms with van der Waals surface area (Å²) in [7, 11) is 1.67. The van der Waals surface area contributed by atoms with Crippen molar-refractivity contribution in [3.05, 3.63) is 23.8 Å². The molecule has 0 unspecified atom stereocenters. The minimum Gasteiger partial charge on any atom is -0.496 e. The summed E-state index contributed by atoms with van der Waals surface area (Å²) in [6.07, 6.45) is 4.63. The van der Waals surface area contributed by atoms with Gasteiger partial charge in [-0.05, 0) is 37.8 Å². The second kappa shape index (κ2) is 6.98. The molecular weight excluding hydrogens is 250 g/mol. The fraction of sp³-hybridized carbons (Fsp3) is 0.647. The van der Waals surface area contributed by atoms with Gasteiger partial charge in [-0.3, -0.25) is 0 Å². The van der Waals surface area contributed by atoms with Crippen LogP contribution in [0.3, 0.4) is 0 Å². The molecule has 1 atom stereocenters. The SMILES string of the molecule is CCCC1CCN(c2cccc(OC)c2[C@H](C)O)CC1. The molecule has 3 nitrogen and oxygen atoms in total. The Hall–Kier alpha value is -1.22. The van der Waals surface area contributed by atoms with Crippen LogP contribution in [0.1, 0.15) is 51.2 Å². The van der Waals surface area contributed by atoms with Crippen molar-refractivity contribution in [2.75, 3.05) is 25.1 Å². The van der Waals surface area contributed by atoms with Gasteiger partial charge in [-0.25, -0.2) is 0 Å². The van der Waals surface area contributed by atoms with Crippen LogP contribution in [0.2, 0.25) is 0 Å². The molecule has 20 heavy (non-hydrogen) atoms. The zero-order valence-electron chi connectivity index (χ0n) is 12.9. The zero-order valence-corrected chi connectivity index (χ0v) is 12.9. The number of rotatable bonds is 5. The Morgan fingerprint density at radius 3 is 2.60 bits per heavy atom. The predicted molar refractivity (Wildman–Crippen MR) is 83.5 cm³/mol. The lowest BCUT2D eigenvalue weighted by Gasteiger charge is -2.35. The van der Waals surface area contributed by atoms with E-state index in [0.717, 1.165) is 36.0 Å². The first-order valence-corrected chi connectivity index (χ1v) is 7.77. The van der Waals surface area contributed by atoms with Crippen molar-refractivity contribution < 1.29 is 9.84 Å². The van der Waals surface area contributed by atoms with Crippen LogP contribution in [0.15, 0.2) is 18.2 Å². The van der Waals surface area contributed by atoms with Crippen molar-refractivity contribution in [3.63, 3.8) is 0 Å². The smallest absolute Gasteiger partial charge is 0.126 e. The summed E-state index contributed by atoms with van der Waals surface area (Å²) in [5.41, 5.74) is 2.05. The van der Waals surface area contributed by atoms with Crippen LogP contribution in [0.4, 0.5) is 5.69 Å². The Morgan fingerprint density at radius 1 is 1.35 bits per heavy atom. The maximum absolute atomic E-state index is 10.1. The van der Waals surface area contributed by atoms with Crippen molar-refractivity contribution >= 4 is 5.69 Å². The molecule has 1 aromatic rings. The molecule has 0 bridgehead atoms. The van der Waals surface area contributed by atoms with Gasteiger partial charge >= 0.3 is 0 Å². The van der Waals surface area contributed by atoms with E-state index in [4.69, 9.17) is 4.74 Å². The summed E-state index contributed by atoms with van der Waals surface area (Å²) in [4.78, 5) is 2.40. The number of benzene rings is 1. The lowest BCUT2D eigenvalue weighted by atomic mass is 9.91. The second-order valence-electron chi connectivity index (χ2n) is 5.79. The highest BCUT2D eigenvalue weighted by molar-refractivity contribution is 5.60. The third-order valence-corrected chi connectivity index (χ3v) is 4.33. The number of nitrogens with zero attached hydrogens (tertiary/aromatic N) is 1.